The van der Waals surface area contributed by atoms with E-state index in [1.54, 1.807) is 12.1 Å². The summed E-state index contributed by atoms with van der Waals surface area (Å²) < 4.78 is 32.7. The molecule has 1 aromatic rings. The first-order chi connectivity index (χ1) is 8.81. The highest BCUT2D eigenvalue weighted by Crippen LogP contribution is 2.13. The summed E-state index contributed by atoms with van der Waals surface area (Å²) in [4.78, 5) is 10.5. The molecule has 0 saturated carbocycles. The van der Waals surface area contributed by atoms with Crippen molar-refractivity contribution in [3.8, 4) is 0 Å². The first kappa shape index (κ1) is 15.6. The topological polar surface area (TPSA) is 89.9 Å². The van der Waals surface area contributed by atoms with Crippen LogP contribution >= 0.6 is 0 Å². The second kappa shape index (κ2) is 6.65. The number of carbonyl (C=O) groups is 1. The van der Waals surface area contributed by atoms with E-state index in [2.05, 4.69) is 8.92 Å². The van der Waals surface area contributed by atoms with Gasteiger partial charge in [0.15, 0.2) is 0 Å². The fraction of sp³-hybridized carbons (Fsp3) is 0.417. The molecule has 1 N–H and O–H groups in total. The minimum absolute atomic E-state index is 0.0118. The fourth-order valence-electron chi connectivity index (χ4n) is 1.20. The number of aliphatic hydroxyl groups is 1. The first-order valence-corrected chi connectivity index (χ1v) is 6.99. The maximum atomic E-state index is 11.7. The minimum Gasteiger partial charge on any atom is -0.463 e. The third-order valence-corrected chi connectivity index (χ3v) is 3.50. The molecule has 0 radical (unpaired) electrons. The van der Waals surface area contributed by atoms with Crippen molar-refractivity contribution < 1.29 is 27.2 Å². The van der Waals surface area contributed by atoms with Gasteiger partial charge in [0.1, 0.15) is 12.7 Å². The smallest absolute Gasteiger partial charge is 0.302 e. The second-order valence-electron chi connectivity index (χ2n) is 4.01. The van der Waals surface area contributed by atoms with Crippen molar-refractivity contribution in [3.63, 3.8) is 0 Å². The zero-order chi connectivity index (χ0) is 14.5. The van der Waals surface area contributed by atoms with Gasteiger partial charge in [-0.15, -0.1) is 0 Å². The van der Waals surface area contributed by atoms with Crippen LogP contribution in [0.5, 0.6) is 0 Å². The summed E-state index contributed by atoms with van der Waals surface area (Å²) in [5.74, 6) is -0.555. The van der Waals surface area contributed by atoms with Crippen LogP contribution in [0, 0.1) is 6.92 Å². The molecule has 106 valence electrons. The summed E-state index contributed by atoms with van der Waals surface area (Å²) in [6.45, 7) is 2.25. The van der Waals surface area contributed by atoms with E-state index >= 15 is 0 Å². The Kier molecular flexibility index (Phi) is 5.46. The summed E-state index contributed by atoms with van der Waals surface area (Å²) in [5.41, 5.74) is 0.925. The summed E-state index contributed by atoms with van der Waals surface area (Å²) in [5, 5.41) is 9.39. The number of ether oxygens (including phenoxy) is 1. The Morgan fingerprint density at radius 2 is 1.84 bits per heavy atom. The molecule has 0 spiro atoms. The van der Waals surface area contributed by atoms with Crippen LogP contribution < -0.4 is 0 Å². The molecule has 0 heterocycles. The van der Waals surface area contributed by atoms with Gasteiger partial charge in [-0.2, -0.15) is 8.42 Å². The number of aliphatic hydroxyl groups excluding tert-OH is 1. The molecular weight excluding hydrogens is 272 g/mol. The Labute approximate surface area is 112 Å². The summed E-state index contributed by atoms with van der Waals surface area (Å²) >= 11 is 0. The van der Waals surface area contributed by atoms with Crippen LogP contribution in [0.3, 0.4) is 0 Å². The number of hydrogen-bond acceptors (Lipinski definition) is 6. The molecule has 0 aliphatic rings. The number of carbonyl (C=O) groups excluding carboxylic acids is 1. The van der Waals surface area contributed by atoms with Gasteiger partial charge in [-0.25, -0.2) is 0 Å². The molecule has 1 atom stereocenters. The molecule has 0 aliphatic carbocycles. The van der Waals surface area contributed by atoms with Crippen LogP contribution in [0.4, 0.5) is 0 Å². The Morgan fingerprint density at radius 3 is 2.37 bits per heavy atom. The third kappa shape index (κ3) is 5.37. The van der Waals surface area contributed by atoms with Gasteiger partial charge in [-0.05, 0) is 19.1 Å². The van der Waals surface area contributed by atoms with Crippen molar-refractivity contribution in [3.05, 3.63) is 29.8 Å². The van der Waals surface area contributed by atoms with E-state index in [1.165, 1.54) is 19.1 Å². The molecule has 0 amide bonds. The molecule has 6 nitrogen and oxygen atoms in total. The maximum absolute atomic E-state index is 11.7. The lowest BCUT2D eigenvalue weighted by Gasteiger charge is -2.11. The molecule has 0 bridgehead atoms. The monoisotopic (exact) mass is 288 g/mol. The van der Waals surface area contributed by atoms with Gasteiger partial charge < -0.3 is 9.84 Å². The Morgan fingerprint density at radius 1 is 1.26 bits per heavy atom. The molecular formula is C12H16O6S. The van der Waals surface area contributed by atoms with Gasteiger partial charge in [0.05, 0.1) is 11.5 Å². The van der Waals surface area contributed by atoms with Crippen molar-refractivity contribution in [1.82, 2.24) is 0 Å². The largest absolute Gasteiger partial charge is 0.463 e. The van der Waals surface area contributed by atoms with Gasteiger partial charge in [-0.3, -0.25) is 8.98 Å². The van der Waals surface area contributed by atoms with Gasteiger partial charge in [0.25, 0.3) is 10.1 Å². The van der Waals surface area contributed by atoms with Gasteiger partial charge >= 0.3 is 5.97 Å². The van der Waals surface area contributed by atoms with Crippen LogP contribution in [0.15, 0.2) is 29.2 Å². The summed E-state index contributed by atoms with van der Waals surface area (Å²) in [6, 6.07) is 6.13. The van der Waals surface area contributed by atoms with Crippen LogP contribution in [-0.4, -0.2) is 38.8 Å². The van der Waals surface area contributed by atoms with Crippen LogP contribution in [0.1, 0.15) is 12.5 Å². The SMILES string of the molecule is CC(=O)OCC(O)COS(=O)(=O)c1ccc(C)cc1. The Hall–Kier alpha value is -1.44. The van der Waals surface area contributed by atoms with Gasteiger partial charge in [0.2, 0.25) is 0 Å². The lowest BCUT2D eigenvalue weighted by Crippen LogP contribution is -2.24. The molecule has 7 heteroatoms. The molecule has 19 heavy (non-hydrogen) atoms. The Bertz CT molecular complexity index is 520. The molecule has 0 saturated heterocycles. The quantitative estimate of drug-likeness (QED) is 0.610. The van der Waals surface area contributed by atoms with E-state index in [0.717, 1.165) is 5.56 Å². The van der Waals surface area contributed by atoms with Gasteiger partial charge in [0, 0.05) is 6.92 Å². The van der Waals surface area contributed by atoms with Crippen LogP contribution in [0.25, 0.3) is 0 Å². The molecule has 1 unspecified atom stereocenters. The minimum atomic E-state index is -3.91. The number of hydrogen-bond donors (Lipinski definition) is 1. The van der Waals surface area contributed by atoms with Gasteiger partial charge in [-0.1, -0.05) is 17.7 Å². The molecule has 1 aromatic carbocycles. The van der Waals surface area contributed by atoms with E-state index in [9.17, 15) is 18.3 Å². The number of rotatable bonds is 6. The molecule has 0 fully saturated rings. The second-order valence-corrected chi connectivity index (χ2v) is 5.62. The first-order valence-electron chi connectivity index (χ1n) is 5.59. The number of esters is 1. The summed E-state index contributed by atoms with van der Waals surface area (Å²) in [7, 11) is -3.91. The highest BCUT2D eigenvalue weighted by Gasteiger charge is 2.17. The Balaban J connectivity index is 2.56. The highest BCUT2D eigenvalue weighted by atomic mass is 32.2. The maximum Gasteiger partial charge on any atom is 0.302 e. The zero-order valence-corrected chi connectivity index (χ0v) is 11.5. The third-order valence-electron chi connectivity index (χ3n) is 2.20. The van der Waals surface area contributed by atoms with Crippen LogP contribution in [-0.2, 0) is 23.8 Å². The number of benzene rings is 1. The average Bonchev–Trinajstić information content (AvgIpc) is 2.34. The fourth-order valence-corrected chi connectivity index (χ4v) is 2.14. The predicted molar refractivity (Wildman–Crippen MR) is 67.0 cm³/mol. The average molecular weight is 288 g/mol. The van der Waals surface area contributed by atoms with E-state index in [0.29, 0.717) is 0 Å². The highest BCUT2D eigenvalue weighted by molar-refractivity contribution is 7.86. The predicted octanol–water partition coefficient (Wildman–Crippen LogP) is 0.624. The van der Waals surface area contributed by atoms with Crippen molar-refractivity contribution in [2.45, 2.75) is 24.8 Å². The zero-order valence-electron chi connectivity index (χ0n) is 10.7. The normalized spacial score (nSPS) is 13.0. The number of aryl methyl sites for hydroxylation is 1. The molecule has 1 rings (SSSR count). The van der Waals surface area contributed by atoms with Crippen LogP contribution in [0.2, 0.25) is 0 Å². The van der Waals surface area contributed by atoms with E-state index in [4.69, 9.17) is 0 Å². The van der Waals surface area contributed by atoms with Crippen molar-refractivity contribution >= 4 is 16.1 Å². The standard InChI is InChI=1S/C12H16O6S/c1-9-3-5-12(6-4-9)19(15,16)18-8-11(14)7-17-10(2)13/h3-6,11,14H,7-8H2,1-2H3. The van der Waals surface area contributed by atoms with Crippen molar-refractivity contribution in [1.29, 1.82) is 0 Å². The summed E-state index contributed by atoms with van der Waals surface area (Å²) in [6.07, 6.45) is -1.19. The lowest BCUT2D eigenvalue weighted by atomic mass is 10.2. The van der Waals surface area contributed by atoms with E-state index < -0.39 is 28.8 Å². The molecule has 0 aliphatic heterocycles. The van der Waals surface area contributed by atoms with E-state index in [1.807, 2.05) is 6.92 Å². The van der Waals surface area contributed by atoms with Crippen molar-refractivity contribution in [2.75, 3.05) is 13.2 Å². The molecule has 0 aromatic heterocycles. The van der Waals surface area contributed by atoms with E-state index in [-0.39, 0.29) is 11.5 Å². The van der Waals surface area contributed by atoms with Crippen molar-refractivity contribution in [2.24, 2.45) is 0 Å². The lowest BCUT2D eigenvalue weighted by molar-refractivity contribution is -0.144.